The van der Waals surface area contributed by atoms with Gasteiger partial charge in [0.25, 0.3) is 0 Å². The lowest BCUT2D eigenvalue weighted by atomic mass is 9.98. The summed E-state index contributed by atoms with van der Waals surface area (Å²) < 4.78 is 0. The Morgan fingerprint density at radius 1 is 1.24 bits per heavy atom. The van der Waals surface area contributed by atoms with E-state index in [1.165, 1.54) is 23.1 Å². The summed E-state index contributed by atoms with van der Waals surface area (Å²) in [6.45, 7) is 8.69. The second-order valence-electron chi connectivity index (χ2n) is 5.13. The summed E-state index contributed by atoms with van der Waals surface area (Å²) in [7, 11) is 4.26. The van der Waals surface area contributed by atoms with Crippen molar-refractivity contribution < 1.29 is 0 Å². The fourth-order valence-electron chi connectivity index (χ4n) is 2.09. The van der Waals surface area contributed by atoms with Gasteiger partial charge in [0, 0.05) is 12.6 Å². The maximum absolute atomic E-state index is 3.64. The molecule has 0 saturated heterocycles. The van der Waals surface area contributed by atoms with Crippen LogP contribution in [0.15, 0.2) is 18.2 Å². The molecule has 1 N–H and O–H groups in total. The molecule has 0 saturated carbocycles. The molecule has 2 heteroatoms. The van der Waals surface area contributed by atoms with Crippen LogP contribution in [0.3, 0.4) is 0 Å². The van der Waals surface area contributed by atoms with Crippen molar-refractivity contribution in [1.82, 2.24) is 10.2 Å². The van der Waals surface area contributed by atoms with Gasteiger partial charge in [-0.3, -0.25) is 0 Å². The third-order valence-corrected chi connectivity index (χ3v) is 3.00. The lowest BCUT2D eigenvalue weighted by molar-refractivity contribution is 0.341. The Kier molecular flexibility index (Phi) is 5.66. The topological polar surface area (TPSA) is 15.3 Å². The zero-order valence-electron chi connectivity index (χ0n) is 11.9. The molecule has 1 atom stereocenters. The average Bonchev–Trinajstić information content (AvgIpc) is 2.27. The Bertz CT molecular complexity index is 345. The Balaban J connectivity index is 2.90. The van der Waals surface area contributed by atoms with Crippen LogP contribution in [0.5, 0.6) is 0 Å². The van der Waals surface area contributed by atoms with Crippen LogP contribution in [0, 0.1) is 13.8 Å². The smallest absolute Gasteiger partial charge is 0.0451 e. The highest BCUT2D eigenvalue weighted by molar-refractivity contribution is 5.33. The van der Waals surface area contributed by atoms with Crippen LogP contribution in [0.25, 0.3) is 0 Å². The molecule has 0 spiro atoms. The maximum atomic E-state index is 3.64. The van der Waals surface area contributed by atoms with Crippen molar-refractivity contribution in [1.29, 1.82) is 0 Å². The first kappa shape index (κ1) is 14.2. The van der Waals surface area contributed by atoms with Gasteiger partial charge in [-0.05, 0) is 52.0 Å². The van der Waals surface area contributed by atoms with Crippen molar-refractivity contribution in [2.45, 2.75) is 33.2 Å². The lowest BCUT2D eigenvalue weighted by Crippen LogP contribution is -2.32. The predicted octanol–water partition coefficient (Wildman–Crippen LogP) is 2.91. The number of nitrogens with one attached hydrogen (secondary N) is 1. The number of nitrogens with zero attached hydrogens (tertiary/aromatic N) is 1. The number of rotatable bonds is 6. The zero-order valence-corrected chi connectivity index (χ0v) is 11.9. The predicted molar refractivity (Wildman–Crippen MR) is 75.5 cm³/mol. The van der Waals surface area contributed by atoms with Crippen LogP contribution < -0.4 is 5.32 Å². The van der Waals surface area contributed by atoms with Crippen molar-refractivity contribution in [2.75, 3.05) is 27.2 Å². The summed E-state index contributed by atoms with van der Waals surface area (Å²) in [5, 5.41) is 3.64. The molecule has 0 aliphatic carbocycles. The SMILES string of the molecule is CCCNC(CN(C)C)c1cc(C)ccc1C. The third-order valence-electron chi connectivity index (χ3n) is 3.00. The molecule has 17 heavy (non-hydrogen) atoms. The van der Waals surface area contributed by atoms with Gasteiger partial charge in [0.15, 0.2) is 0 Å². The summed E-state index contributed by atoms with van der Waals surface area (Å²) in [6, 6.07) is 7.16. The van der Waals surface area contributed by atoms with Crippen LogP contribution in [0.2, 0.25) is 0 Å². The fraction of sp³-hybridized carbons (Fsp3) is 0.600. The van der Waals surface area contributed by atoms with Crippen molar-refractivity contribution in [3.63, 3.8) is 0 Å². The van der Waals surface area contributed by atoms with Gasteiger partial charge in [-0.15, -0.1) is 0 Å². The first-order valence-corrected chi connectivity index (χ1v) is 6.49. The van der Waals surface area contributed by atoms with E-state index in [1.807, 2.05) is 0 Å². The van der Waals surface area contributed by atoms with Crippen molar-refractivity contribution in [2.24, 2.45) is 0 Å². The van der Waals surface area contributed by atoms with Crippen molar-refractivity contribution in [3.8, 4) is 0 Å². The summed E-state index contributed by atoms with van der Waals surface area (Å²) in [5.74, 6) is 0. The van der Waals surface area contributed by atoms with E-state index in [2.05, 4.69) is 63.3 Å². The van der Waals surface area contributed by atoms with Gasteiger partial charge in [-0.1, -0.05) is 30.7 Å². The van der Waals surface area contributed by atoms with Gasteiger partial charge in [0.1, 0.15) is 0 Å². The second kappa shape index (κ2) is 6.77. The molecule has 0 radical (unpaired) electrons. The van der Waals surface area contributed by atoms with Crippen LogP contribution >= 0.6 is 0 Å². The molecule has 0 aliphatic heterocycles. The molecule has 0 fully saturated rings. The second-order valence-corrected chi connectivity index (χ2v) is 5.13. The molecular weight excluding hydrogens is 208 g/mol. The highest BCUT2D eigenvalue weighted by Gasteiger charge is 2.13. The minimum Gasteiger partial charge on any atom is -0.309 e. The number of hydrogen-bond donors (Lipinski definition) is 1. The Hall–Kier alpha value is -0.860. The van der Waals surface area contributed by atoms with Crippen LogP contribution in [-0.2, 0) is 0 Å². The zero-order chi connectivity index (χ0) is 12.8. The van der Waals surface area contributed by atoms with Gasteiger partial charge >= 0.3 is 0 Å². The van der Waals surface area contributed by atoms with E-state index in [4.69, 9.17) is 0 Å². The van der Waals surface area contributed by atoms with E-state index in [0.29, 0.717) is 6.04 Å². The molecule has 0 aromatic heterocycles. The van der Waals surface area contributed by atoms with Gasteiger partial charge in [-0.25, -0.2) is 0 Å². The minimum absolute atomic E-state index is 0.435. The largest absolute Gasteiger partial charge is 0.309 e. The van der Waals surface area contributed by atoms with Crippen LogP contribution in [0.4, 0.5) is 0 Å². The Labute approximate surface area is 106 Å². The molecule has 2 nitrogen and oxygen atoms in total. The van der Waals surface area contributed by atoms with E-state index < -0.39 is 0 Å². The van der Waals surface area contributed by atoms with Gasteiger partial charge < -0.3 is 10.2 Å². The standard InChI is InChI=1S/C15H26N2/c1-6-9-16-15(11-17(4)5)14-10-12(2)7-8-13(14)3/h7-8,10,15-16H,6,9,11H2,1-5H3. The summed E-state index contributed by atoms with van der Waals surface area (Å²) >= 11 is 0. The molecule has 1 aromatic rings. The minimum atomic E-state index is 0.435. The van der Waals surface area contributed by atoms with Gasteiger partial charge in [-0.2, -0.15) is 0 Å². The molecule has 0 aliphatic rings. The fourth-order valence-corrected chi connectivity index (χ4v) is 2.09. The molecule has 1 rings (SSSR count). The summed E-state index contributed by atoms with van der Waals surface area (Å²) in [6.07, 6.45) is 1.18. The first-order valence-electron chi connectivity index (χ1n) is 6.49. The lowest BCUT2D eigenvalue weighted by Gasteiger charge is -2.24. The molecule has 1 unspecified atom stereocenters. The Morgan fingerprint density at radius 3 is 2.53 bits per heavy atom. The number of hydrogen-bond acceptors (Lipinski definition) is 2. The third kappa shape index (κ3) is 4.49. The summed E-state index contributed by atoms with van der Waals surface area (Å²) in [4.78, 5) is 2.25. The van der Waals surface area contributed by atoms with Crippen molar-refractivity contribution >= 4 is 0 Å². The molecular formula is C15H26N2. The van der Waals surface area contributed by atoms with E-state index in [-0.39, 0.29) is 0 Å². The maximum Gasteiger partial charge on any atom is 0.0451 e. The van der Waals surface area contributed by atoms with E-state index in [9.17, 15) is 0 Å². The molecule has 0 bridgehead atoms. The highest BCUT2D eigenvalue weighted by Crippen LogP contribution is 2.20. The summed E-state index contributed by atoms with van der Waals surface area (Å²) in [5.41, 5.74) is 4.16. The number of benzene rings is 1. The van der Waals surface area contributed by atoms with Gasteiger partial charge in [0.2, 0.25) is 0 Å². The molecule has 0 heterocycles. The quantitative estimate of drug-likeness (QED) is 0.814. The number of likely N-dealkylation sites (N-methyl/N-ethyl adjacent to an activating group) is 1. The van der Waals surface area contributed by atoms with E-state index in [1.54, 1.807) is 0 Å². The monoisotopic (exact) mass is 234 g/mol. The first-order chi connectivity index (χ1) is 8.04. The highest BCUT2D eigenvalue weighted by atomic mass is 15.1. The van der Waals surface area contributed by atoms with E-state index >= 15 is 0 Å². The van der Waals surface area contributed by atoms with E-state index in [0.717, 1.165) is 13.1 Å². The normalized spacial score (nSPS) is 13.1. The Morgan fingerprint density at radius 2 is 1.94 bits per heavy atom. The molecule has 0 amide bonds. The van der Waals surface area contributed by atoms with Crippen LogP contribution in [-0.4, -0.2) is 32.1 Å². The average molecular weight is 234 g/mol. The number of aryl methyl sites for hydroxylation is 2. The molecule has 96 valence electrons. The van der Waals surface area contributed by atoms with Gasteiger partial charge in [0.05, 0.1) is 0 Å². The molecule has 1 aromatic carbocycles. The van der Waals surface area contributed by atoms with Crippen LogP contribution in [0.1, 0.15) is 36.1 Å². The van der Waals surface area contributed by atoms with Crippen molar-refractivity contribution in [3.05, 3.63) is 34.9 Å².